The van der Waals surface area contributed by atoms with Crippen LogP contribution in [0.15, 0.2) is 0 Å². The molecule has 1 atom stereocenters. The number of rotatable bonds is 7. The summed E-state index contributed by atoms with van der Waals surface area (Å²) in [6.45, 7) is 7.22. The van der Waals surface area contributed by atoms with Gasteiger partial charge in [0.25, 0.3) is 0 Å². The Kier molecular flexibility index (Phi) is 6.37. The number of sulfonamides is 1. The highest BCUT2D eigenvalue weighted by Gasteiger charge is 2.28. The van der Waals surface area contributed by atoms with Crippen molar-refractivity contribution < 1.29 is 13.2 Å². The molecule has 0 heterocycles. The lowest BCUT2D eigenvalue weighted by Crippen LogP contribution is -2.53. The monoisotopic (exact) mass is 309 g/mol. The van der Waals surface area contributed by atoms with Crippen LogP contribution in [-0.2, 0) is 14.8 Å². The van der Waals surface area contributed by atoms with Gasteiger partial charge in [-0.25, -0.2) is 13.1 Å². The van der Waals surface area contributed by atoms with E-state index < -0.39 is 21.5 Å². The minimum atomic E-state index is -3.33. The maximum absolute atomic E-state index is 12.0. The smallest absolute Gasteiger partial charge is 0.230 e. The van der Waals surface area contributed by atoms with E-state index in [4.69, 9.17) is 18.0 Å². The van der Waals surface area contributed by atoms with Gasteiger partial charge >= 0.3 is 0 Å². The summed E-state index contributed by atoms with van der Waals surface area (Å²) in [5.74, 6) is -0.849. The van der Waals surface area contributed by atoms with Crippen molar-refractivity contribution in [1.82, 2.24) is 10.0 Å². The van der Waals surface area contributed by atoms with Gasteiger partial charge in [-0.2, -0.15) is 0 Å². The number of hydrogen-bond acceptors (Lipinski definition) is 4. The van der Waals surface area contributed by atoms with Gasteiger partial charge in [-0.3, -0.25) is 4.79 Å². The highest BCUT2D eigenvalue weighted by atomic mass is 32.2. The molecule has 0 aliphatic rings. The molecule has 0 aromatic heterocycles. The third-order valence-electron chi connectivity index (χ3n) is 2.42. The summed E-state index contributed by atoms with van der Waals surface area (Å²) in [5, 5.41) is 2.67. The van der Waals surface area contributed by atoms with Gasteiger partial charge in [0.2, 0.25) is 15.9 Å². The Morgan fingerprint density at radius 2 is 1.84 bits per heavy atom. The third kappa shape index (κ3) is 7.44. The molecule has 0 fully saturated rings. The van der Waals surface area contributed by atoms with Gasteiger partial charge in [-0.15, -0.1) is 0 Å². The topological polar surface area (TPSA) is 101 Å². The molecule has 8 heteroatoms. The summed E-state index contributed by atoms with van der Waals surface area (Å²) in [5.41, 5.74) is 4.76. The predicted molar refractivity (Wildman–Crippen MR) is 80.2 cm³/mol. The van der Waals surface area contributed by atoms with Crippen LogP contribution >= 0.6 is 12.2 Å². The van der Waals surface area contributed by atoms with Gasteiger partial charge in [0.15, 0.2) is 0 Å². The Bertz CT molecular complexity index is 444. The second kappa shape index (κ2) is 6.62. The fourth-order valence-corrected chi connectivity index (χ4v) is 3.17. The number of carbonyl (C=O) groups excluding carboxylic acids is 1. The molecule has 112 valence electrons. The first kappa shape index (κ1) is 18.3. The van der Waals surface area contributed by atoms with E-state index in [-0.39, 0.29) is 23.4 Å². The average Bonchev–Trinajstić information content (AvgIpc) is 2.09. The van der Waals surface area contributed by atoms with Gasteiger partial charge in [0, 0.05) is 12.1 Å². The number of nitrogens with two attached hydrogens (primary N) is 1. The summed E-state index contributed by atoms with van der Waals surface area (Å²) in [7, 11) is -3.33. The van der Waals surface area contributed by atoms with Crippen LogP contribution in [0.1, 0.15) is 27.7 Å². The first-order valence-corrected chi connectivity index (χ1v) is 8.21. The van der Waals surface area contributed by atoms with E-state index in [1.165, 1.54) is 0 Å². The summed E-state index contributed by atoms with van der Waals surface area (Å²) in [6.07, 6.45) is 1.07. The highest BCUT2D eigenvalue weighted by Crippen LogP contribution is 2.12. The SMILES string of the molecule is CC(C)C(C(=O)NCC(C)(C)NS(C)(=O)=O)C(N)=S. The second-order valence-corrected chi connectivity index (χ2v) is 7.82. The molecular formula is C11H23N3O3S2. The minimum absolute atomic E-state index is 0.0107. The van der Waals surface area contributed by atoms with Crippen molar-refractivity contribution in [2.45, 2.75) is 33.2 Å². The van der Waals surface area contributed by atoms with E-state index in [1.54, 1.807) is 13.8 Å². The quantitative estimate of drug-likeness (QED) is 0.574. The molecule has 0 aliphatic carbocycles. The molecule has 0 aliphatic heterocycles. The minimum Gasteiger partial charge on any atom is -0.393 e. The molecule has 6 nitrogen and oxygen atoms in total. The number of thiocarbonyl (C=S) groups is 1. The molecule has 0 saturated carbocycles. The lowest BCUT2D eigenvalue weighted by atomic mass is 9.94. The fourth-order valence-electron chi connectivity index (χ4n) is 1.72. The zero-order chi connectivity index (χ0) is 15.4. The number of amides is 1. The van der Waals surface area contributed by atoms with Crippen molar-refractivity contribution in [3.8, 4) is 0 Å². The summed E-state index contributed by atoms with van der Waals surface area (Å²) < 4.78 is 24.8. The van der Waals surface area contributed by atoms with Gasteiger partial charge in [-0.05, 0) is 19.8 Å². The number of nitrogens with one attached hydrogen (secondary N) is 2. The Balaban J connectivity index is 4.63. The van der Waals surface area contributed by atoms with E-state index in [1.807, 2.05) is 13.8 Å². The lowest BCUT2D eigenvalue weighted by Gasteiger charge is -2.27. The number of carbonyl (C=O) groups is 1. The van der Waals surface area contributed by atoms with Crippen LogP contribution in [0.4, 0.5) is 0 Å². The molecule has 19 heavy (non-hydrogen) atoms. The van der Waals surface area contributed by atoms with Crippen molar-refractivity contribution in [1.29, 1.82) is 0 Å². The maximum atomic E-state index is 12.0. The van der Waals surface area contributed by atoms with E-state index in [9.17, 15) is 13.2 Å². The first-order chi connectivity index (χ1) is 8.36. The predicted octanol–water partition coefficient (Wildman–Crippen LogP) is -0.0113. The standard InChI is InChI=1S/C11H23N3O3S2/c1-7(2)8(9(12)18)10(15)13-6-11(3,4)14-19(5,16)17/h7-8,14H,6H2,1-5H3,(H2,12,18)(H,13,15). The Morgan fingerprint density at radius 1 is 1.37 bits per heavy atom. The molecule has 0 saturated heterocycles. The molecule has 0 rings (SSSR count). The Hall–Kier alpha value is -0.730. The highest BCUT2D eigenvalue weighted by molar-refractivity contribution is 7.88. The number of hydrogen-bond donors (Lipinski definition) is 3. The maximum Gasteiger partial charge on any atom is 0.230 e. The van der Waals surface area contributed by atoms with E-state index in [0.717, 1.165) is 6.26 Å². The van der Waals surface area contributed by atoms with Crippen LogP contribution in [0.5, 0.6) is 0 Å². The average molecular weight is 309 g/mol. The summed E-state index contributed by atoms with van der Waals surface area (Å²) >= 11 is 4.87. The molecule has 0 aromatic rings. The van der Waals surface area contributed by atoms with E-state index >= 15 is 0 Å². The van der Waals surface area contributed by atoms with Crippen molar-refractivity contribution in [3.63, 3.8) is 0 Å². The van der Waals surface area contributed by atoms with Gasteiger partial charge in [-0.1, -0.05) is 26.1 Å². The van der Waals surface area contributed by atoms with Gasteiger partial charge < -0.3 is 11.1 Å². The van der Waals surface area contributed by atoms with Gasteiger partial charge in [0.1, 0.15) is 0 Å². The lowest BCUT2D eigenvalue weighted by molar-refractivity contribution is -0.124. The fraction of sp³-hybridized carbons (Fsp3) is 0.818. The van der Waals surface area contributed by atoms with Crippen LogP contribution in [-0.4, -0.2) is 37.7 Å². The first-order valence-electron chi connectivity index (χ1n) is 5.92. The second-order valence-electron chi connectivity index (χ2n) is 5.60. The molecular weight excluding hydrogens is 286 g/mol. The molecule has 1 amide bonds. The molecule has 0 radical (unpaired) electrons. The van der Waals surface area contributed by atoms with Gasteiger partial charge in [0.05, 0.1) is 17.2 Å². The largest absolute Gasteiger partial charge is 0.393 e. The van der Waals surface area contributed by atoms with Crippen LogP contribution in [0, 0.1) is 11.8 Å². The van der Waals surface area contributed by atoms with Crippen molar-refractivity contribution >= 4 is 33.1 Å². The Labute approximate surface area is 120 Å². The summed E-state index contributed by atoms with van der Waals surface area (Å²) in [4.78, 5) is 12.1. The summed E-state index contributed by atoms with van der Waals surface area (Å²) in [6, 6.07) is 0. The third-order valence-corrected chi connectivity index (χ3v) is 3.60. The van der Waals surface area contributed by atoms with E-state index in [2.05, 4.69) is 10.0 Å². The van der Waals surface area contributed by atoms with Crippen molar-refractivity contribution in [3.05, 3.63) is 0 Å². The van der Waals surface area contributed by atoms with Crippen molar-refractivity contribution in [2.24, 2.45) is 17.6 Å². The molecule has 0 bridgehead atoms. The molecule has 0 aromatic carbocycles. The van der Waals surface area contributed by atoms with Crippen LogP contribution in [0.25, 0.3) is 0 Å². The van der Waals surface area contributed by atoms with Crippen molar-refractivity contribution in [2.75, 3.05) is 12.8 Å². The molecule has 1 unspecified atom stereocenters. The molecule has 0 spiro atoms. The molecule has 4 N–H and O–H groups in total. The van der Waals surface area contributed by atoms with E-state index in [0.29, 0.717) is 0 Å². The van der Waals surface area contributed by atoms with Crippen LogP contribution in [0.3, 0.4) is 0 Å². The van der Waals surface area contributed by atoms with Crippen LogP contribution in [0.2, 0.25) is 0 Å². The van der Waals surface area contributed by atoms with Crippen LogP contribution < -0.4 is 15.8 Å². The Morgan fingerprint density at radius 3 is 2.16 bits per heavy atom. The zero-order valence-corrected chi connectivity index (χ0v) is 13.6. The normalized spacial score (nSPS) is 14.2. The zero-order valence-electron chi connectivity index (χ0n) is 12.0.